The number of nitrogens with zero attached hydrogens (tertiary/aromatic N) is 2. The summed E-state index contributed by atoms with van der Waals surface area (Å²) in [6, 6.07) is 5.45. The van der Waals surface area contributed by atoms with E-state index in [0.29, 0.717) is 12.2 Å². The van der Waals surface area contributed by atoms with E-state index < -0.39 is 17.0 Å². The monoisotopic (exact) mass is 296 g/mol. The van der Waals surface area contributed by atoms with E-state index in [4.69, 9.17) is 4.74 Å². The summed E-state index contributed by atoms with van der Waals surface area (Å²) in [6.45, 7) is 1.13. The lowest BCUT2D eigenvalue weighted by Crippen LogP contribution is -2.17. The van der Waals surface area contributed by atoms with Gasteiger partial charge >= 0.3 is 5.97 Å². The highest BCUT2D eigenvalue weighted by Crippen LogP contribution is 2.20. The van der Waals surface area contributed by atoms with Gasteiger partial charge in [0, 0.05) is 18.7 Å². The molecule has 0 fully saturated rings. The zero-order valence-electron chi connectivity index (χ0n) is 12.2. The van der Waals surface area contributed by atoms with Crippen molar-refractivity contribution in [1.82, 2.24) is 4.90 Å². The third kappa shape index (κ3) is 6.33. The fourth-order valence-corrected chi connectivity index (χ4v) is 1.72. The first-order valence-electron chi connectivity index (χ1n) is 6.63. The molecule has 0 bridgehead atoms. The van der Waals surface area contributed by atoms with Crippen molar-refractivity contribution >= 4 is 11.7 Å². The van der Waals surface area contributed by atoms with E-state index in [1.807, 2.05) is 19.0 Å². The zero-order valence-corrected chi connectivity index (χ0v) is 12.2. The molecule has 7 heteroatoms. The van der Waals surface area contributed by atoms with Gasteiger partial charge in [0.1, 0.15) is 0 Å². The molecule has 1 unspecified atom stereocenters. The van der Waals surface area contributed by atoms with Crippen LogP contribution in [0.3, 0.4) is 0 Å². The first-order chi connectivity index (χ1) is 9.90. The molecule has 1 aromatic rings. The standard InChI is InChI=1S/C14H20N2O5/c1-15(2)8-3-9-21-14(18)10-13(17)11-4-6-12(7-5-11)16(19)20/h4-7,13,17H,3,8-10H2,1-2H3. The number of ether oxygens (including phenoxy) is 1. The second-order valence-electron chi connectivity index (χ2n) is 4.95. The molecule has 116 valence electrons. The number of rotatable bonds is 8. The average molecular weight is 296 g/mol. The van der Waals surface area contributed by atoms with Crippen molar-refractivity contribution in [2.45, 2.75) is 18.9 Å². The number of nitro benzene ring substituents is 1. The maximum Gasteiger partial charge on any atom is 0.308 e. The van der Waals surface area contributed by atoms with Crippen LogP contribution in [0.1, 0.15) is 24.5 Å². The fraction of sp³-hybridized carbons (Fsp3) is 0.500. The number of non-ortho nitro benzene ring substituents is 1. The van der Waals surface area contributed by atoms with Gasteiger partial charge in [-0.3, -0.25) is 14.9 Å². The smallest absolute Gasteiger partial charge is 0.308 e. The Balaban J connectivity index is 2.39. The molecule has 7 nitrogen and oxygen atoms in total. The van der Waals surface area contributed by atoms with Gasteiger partial charge in [-0.25, -0.2) is 0 Å². The van der Waals surface area contributed by atoms with Crippen LogP contribution in [0.25, 0.3) is 0 Å². The zero-order chi connectivity index (χ0) is 15.8. The number of carbonyl (C=O) groups is 1. The summed E-state index contributed by atoms with van der Waals surface area (Å²) in [5.41, 5.74) is 0.392. The normalized spacial score (nSPS) is 12.2. The van der Waals surface area contributed by atoms with Crippen molar-refractivity contribution in [2.75, 3.05) is 27.2 Å². The Kier molecular flexibility index (Phi) is 6.77. The van der Waals surface area contributed by atoms with Crippen molar-refractivity contribution in [3.8, 4) is 0 Å². The lowest BCUT2D eigenvalue weighted by Gasteiger charge is -2.12. The highest BCUT2D eigenvalue weighted by molar-refractivity contribution is 5.70. The number of carbonyl (C=O) groups excluding carboxylic acids is 1. The number of hydrogen-bond acceptors (Lipinski definition) is 6. The van der Waals surface area contributed by atoms with Crippen molar-refractivity contribution in [2.24, 2.45) is 0 Å². The first kappa shape index (κ1) is 17.1. The molecule has 0 saturated heterocycles. The summed E-state index contributed by atoms with van der Waals surface area (Å²) in [4.78, 5) is 23.5. The molecule has 1 aromatic carbocycles. The van der Waals surface area contributed by atoms with Crippen molar-refractivity contribution in [3.63, 3.8) is 0 Å². The van der Waals surface area contributed by atoms with Crippen LogP contribution in [0.4, 0.5) is 5.69 Å². The molecule has 0 aliphatic heterocycles. The van der Waals surface area contributed by atoms with Crippen LogP contribution in [-0.4, -0.2) is 48.1 Å². The highest BCUT2D eigenvalue weighted by atomic mass is 16.6. The molecular formula is C14H20N2O5. The van der Waals surface area contributed by atoms with Gasteiger partial charge in [0.05, 0.1) is 24.1 Å². The number of benzene rings is 1. The Hall–Kier alpha value is -1.99. The Morgan fingerprint density at radius 2 is 2.00 bits per heavy atom. The van der Waals surface area contributed by atoms with Gasteiger partial charge in [-0.05, 0) is 38.2 Å². The van der Waals surface area contributed by atoms with E-state index in [1.165, 1.54) is 24.3 Å². The summed E-state index contributed by atoms with van der Waals surface area (Å²) in [5, 5.41) is 20.4. The summed E-state index contributed by atoms with van der Waals surface area (Å²) < 4.78 is 5.01. The van der Waals surface area contributed by atoms with Gasteiger partial charge in [-0.15, -0.1) is 0 Å². The topological polar surface area (TPSA) is 92.9 Å². The Bertz CT molecular complexity index is 473. The molecule has 0 aromatic heterocycles. The van der Waals surface area contributed by atoms with E-state index >= 15 is 0 Å². The van der Waals surface area contributed by atoms with Crippen LogP contribution in [0.15, 0.2) is 24.3 Å². The molecule has 0 radical (unpaired) electrons. The van der Waals surface area contributed by atoms with Gasteiger partial charge in [-0.1, -0.05) is 0 Å². The van der Waals surface area contributed by atoms with Gasteiger partial charge in [-0.2, -0.15) is 0 Å². The maximum atomic E-state index is 11.5. The molecule has 1 atom stereocenters. The van der Waals surface area contributed by atoms with E-state index in [9.17, 15) is 20.0 Å². The molecular weight excluding hydrogens is 276 g/mol. The predicted octanol–water partition coefficient (Wildman–Crippen LogP) is 1.51. The molecule has 1 N–H and O–H groups in total. The van der Waals surface area contributed by atoms with Crippen molar-refractivity contribution in [3.05, 3.63) is 39.9 Å². The van der Waals surface area contributed by atoms with Crippen LogP contribution < -0.4 is 0 Å². The molecule has 21 heavy (non-hydrogen) atoms. The second kappa shape index (κ2) is 8.33. The molecule has 0 heterocycles. The number of aliphatic hydroxyl groups excluding tert-OH is 1. The van der Waals surface area contributed by atoms with E-state index in [-0.39, 0.29) is 12.1 Å². The van der Waals surface area contributed by atoms with Gasteiger partial charge < -0.3 is 14.7 Å². The SMILES string of the molecule is CN(C)CCCOC(=O)CC(O)c1ccc([N+](=O)[O-])cc1. The minimum absolute atomic E-state index is 0.0581. The molecule has 0 aliphatic rings. The lowest BCUT2D eigenvalue weighted by atomic mass is 10.1. The van der Waals surface area contributed by atoms with E-state index in [0.717, 1.165) is 13.0 Å². The van der Waals surface area contributed by atoms with E-state index in [1.54, 1.807) is 0 Å². The number of aliphatic hydroxyl groups is 1. The van der Waals surface area contributed by atoms with E-state index in [2.05, 4.69) is 0 Å². The number of esters is 1. The fourth-order valence-electron chi connectivity index (χ4n) is 1.72. The second-order valence-corrected chi connectivity index (χ2v) is 4.95. The molecule has 1 rings (SSSR count). The average Bonchev–Trinajstić information content (AvgIpc) is 2.43. The van der Waals surface area contributed by atoms with Crippen LogP contribution >= 0.6 is 0 Å². The summed E-state index contributed by atoms with van der Waals surface area (Å²) in [6.07, 6.45) is -0.460. The quantitative estimate of drug-likeness (QED) is 0.338. The van der Waals surface area contributed by atoms with Crippen LogP contribution in [-0.2, 0) is 9.53 Å². The third-order valence-corrected chi connectivity index (χ3v) is 2.86. The van der Waals surface area contributed by atoms with Gasteiger partial charge in [0.15, 0.2) is 0 Å². The Labute approximate surface area is 123 Å². The first-order valence-corrected chi connectivity index (χ1v) is 6.63. The van der Waals surface area contributed by atoms with Crippen molar-refractivity contribution in [1.29, 1.82) is 0 Å². The highest BCUT2D eigenvalue weighted by Gasteiger charge is 2.15. The van der Waals surface area contributed by atoms with Crippen LogP contribution in [0, 0.1) is 10.1 Å². The number of nitro groups is 1. The van der Waals surface area contributed by atoms with Crippen LogP contribution in [0.2, 0.25) is 0 Å². The lowest BCUT2D eigenvalue weighted by molar-refractivity contribution is -0.384. The maximum absolute atomic E-state index is 11.5. The Morgan fingerprint density at radius 3 is 2.52 bits per heavy atom. The number of hydrogen-bond donors (Lipinski definition) is 1. The minimum Gasteiger partial charge on any atom is -0.466 e. The minimum atomic E-state index is -1.02. The van der Waals surface area contributed by atoms with Gasteiger partial charge in [0.2, 0.25) is 0 Å². The van der Waals surface area contributed by atoms with Crippen LogP contribution in [0.5, 0.6) is 0 Å². The molecule has 0 spiro atoms. The summed E-state index contributed by atoms with van der Waals surface area (Å²) in [7, 11) is 3.86. The molecule has 0 saturated carbocycles. The molecule has 0 amide bonds. The Morgan fingerprint density at radius 1 is 1.38 bits per heavy atom. The molecule has 0 aliphatic carbocycles. The predicted molar refractivity (Wildman–Crippen MR) is 76.8 cm³/mol. The summed E-state index contributed by atoms with van der Waals surface area (Å²) in [5.74, 6) is -0.486. The largest absolute Gasteiger partial charge is 0.466 e. The van der Waals surface area contributed by atoms with Gasteiger partial charge in [0.25, 0.3) is 5.69 Å². The summed E-state index contributed by atoms with van der Waals surface area (Å²) >= 11 is 0. The third-order valence-electron chi connectivity index (χ3n) is 2.86. The van der Waals surface area contributed by atoms with Crippen molar-refractivity contribution < 1.29 is 19.6 Å².